The van der Waals surface area contributed by atoms with Crippen molar-refractivity contribution in [3.05, 3.63) is 95.5 Å². The van der Waals surface area contributed by atoms with E-state index < -0.39 is 28.5 Å². The van der Waals surface area contributed by atoms with Gasteiger partial charge in [-0.2, -0.15) is 0 Å². The Bertz CT molecular complexity index is 1320. The van der Waals surface area contributed by atoms with Gasteiger partial charge in [0.1, 0.15) is 12.6 Å². The van der Waals surface area contributed by atoms with Gasteiger partial charge < -0.3 is 10.2 Å². The molecule has 0 spiro atoms. The number of rotatable bonds is 13. The smallest absolute Gasteiger partial charge is 0.264 e. The van der Waals surface area contributed by atoms with Crippen LogP contribution in [0.3, 0.4) is 0 Å². The number of carbonyl (C=O) groups excluding carboxylic acids is 2. The Morgan fingerprint density at radius 3 is 2.05 bits per heavy atom. The summed E-state index contributed by atoms with van der Waals surface area (Å²) in [7, 11) is -4.11. The van der Waals surface area contributed by atoms with E-state index in [4.69, 9.17) is 11.6 Å². The molecule has 0 saturated carbocycles. The fourth-order valence-electron chi connectivity index (χ4n) is 4.18. The topological polar surface area (TPSA) is 86.8 Å². The molecule has 39 heavy (non-hydrogen) atoms. The van der Waals surface area contributed by atoms with Crippen molar-refractivity contribution < 1.29 is 18.0 Å². The maximum Gasteiger partial charge on any atom is 0.264 e. The molecule has 1 N–H and O–H groups in total. The van der Waals surface area contributed by atoms with Crippen LogP contribution in [0.25, 0.3) is 0 Å². The summed E-state index contributed by atoms with van der Waals surface area (Å²) < 4.78 is 28.6. The van der Waals surface area contributed by atoms with E-state index in [1.807, 2.05) is 51.1 Å². The van der Waals surface area contributed by atoms with Crippen molar-refractivity contribution >= 4 is 39.1 Å². The molecule has 0 aliphatic carbocycles. The molecule has 7 nitrogen and oxygen atoms in total. The van der Waals surface area contributed by atoms with Gasteiger partial charge in [-0.15, -0.1) is 0 Å². The Labute approximate surface area is 236 Å². The number of carbonyl (C=O) groups is 2. The Kier molecular flexibility index (Phi) is 10.9. The van der Waals surface area contributed by atoms with Crippen LogP contribution in [0.1, 0.15) is 32.8 Å². The summed E-state index contributed by atoms with van der Waals surface area (Å²) in [5.74, 6) is -0.462. The number of amides is 2. The normalized spacial score (nSPS) is 12.1. The highest BCUT2D eigenvalue weighted by Crippen LogP contribution is 2.25. The number of hydrogen-bond donors (Lipinski definition) is 1. The molecule has 208 valence electrons. The minimum absolute atomic E-state index is 0.0149. The number of halogens is 1. The summed E-state index contributed by atoms with van der Waals surface area (Å²) in [4.78, 5) is 28.7. The third kappa shape index (κ3) is 8.31. The maximum atomic E-state index is 13.9. The van der Waals surface area contributed by atoms with Crippen molar-refractivity contribution in [3.8, 4) is 0 Å². The van der Waals surface area contributed by atoms with E-state index in [0.717, 1.165) is 9.87 Å². The van der Waals surface area contributed by atoms with E-state index in [1.54, 1.807) is 30.3 Å². The lowest BCUT2D eigenvalue weighted by atomic mass is 10.1. The molecular weight excluding hydrogens is 534 g/mol. The second-order valence-corrected chi connectivity index (χ2v) is 12.0. The van der Waals surface area contributed by atoms with Crippen LogP contribution in [-0.2, 0) is 26.0 Å². The van der Waals surface area contributed by atoms with Crippen molar-refractivity contribution in [3.63, 3.8) is 0 Å². The number of benzene rings is 3. The predicted molar refractivity (Wildman–Crippen MR) is 156 cm³/mol. The summed E-state index contributed by atoms with van der Waals surface area (Å²) in [5, 5.41) is 3.34. The van der Waals surface area contributed by atoms with Crippen LogP contribution < -0.4 is 9.62 Å². The number of hydrogen-bond acceptors (Lipinski definition) is 4. The van der Waals surface area contributed by atoms with Crippen LogP contribution in [0.5, 0.6) is 0 Å². The van der Waals surface area contributed by atoms with Crippen molar-refractivity contribution in [2.75, 3.05) is 23.9 Å². The standard InChI is InChI=1S/C30H36ClN3O4S/c1-4-28(30(36)32-21-23(2)3)33(20-19-24-11-7-5-8-12-24)29(35)22-34(26-13-9-6-10-14-26)39(37,38)27-17-15-25(31)16-18-27/h5-18,23,28H,4,19-22H2,1-3H3,(H,32,36)/t28-/m0/s1. The largest absolute Gasteiger partial charge is 0.354 e. The lowest BCUT2D eigenvalue weighted by Gasteiger charge is -2.33. The van der Waals surface area contributed by atoms with Gasteiger partial charge in [0.05, 0.1) is 10.6 Å². The highest BCUT2D eigenvalue weighted by atomic mass is 35.5. The summed E-state index contributed by atoms with van der Waals surface area (Å²) in [6.07, 6.45) is 0.912. The Morgan fingerprint density at radius 1 is 0.897 bits per heavy atom. The minimum atomic E-state index is -4.11. The fourth-order valence-corrected chi connectivity index (χ4v) is 5.72. The lowest BCUT2D eigenvalue weighted by Crippen LogP contribution is -2.53. The van der Waals surface area contributed by atoms with Crippen LogP contribution in [0.2, 0.25) is 5.02 Å². The SMILES string of the molecule is CC[C@@H](C(=O)NCC(C)C)N(CCc1ccccc1)C(=O)CN(c1ccccc1)S(=O)(=O)c1ccc(Cl)cc1. The maximum absolute atomic E-state index is 13.9. The average Bonchev–Trinajstić information content (AvgIpc) is 2.93. The molecule has 0 unspecified atom stereocenters. The Balaban J connectivity index is 1.96. The van der Waals surface area contributed by atoms with Gasteiger partial charge in [0, 0.05) is 18.1 Å². The van der Waals surface area contributed by atoms with Crippen LogP contribution >= 0.6 is 11.6 Å². The van der Waals surface area contributed by atoms with Crippen molar-refractivity contribution in [1.29, 1.82) is 0 Å². The molecule has 0 saturated heterocycles. The minimum Gasteiger partial charge on any atom is -0.354 e. The zero-order chi connectivity index (χ0) is 28.4. The molecule has 3 rings (SSSR count). The molecular formula is C30H36ClN3O4S. The molecule has 2 amide bonds. The van der Waals surface area contributed by atoms with Gasteiger partial charge in [-0.25, -0.2) is 8.42 Å². The molecule has 0 heterocycles. The van der Waals surface area contributed by atoms with Gasteiger partial charge in [0.25, 0.3) is 10.0 Å². The zero-order valence-electron chi connectivity index (χ0n) is 22.6. The molecule has 1 atom stereocenters. The molecule has 0 aliphatic heterocycles. The van der Waals surface area contributed by atoms with Gasteiger partial charge in [0.2, 0.25) is 11.8 Å². The number of anilines is 1. The zero-order valence-corrected chi connectivity index (χ0v) is 24.2. The van der Waals surface area contributed by atoms with Gasteiger partial charge in [-0.3, -0.25) is 13.9 Å². The number of nitrogens with one attached hydrogen (secondary N) is 1. The molecule has 0 bridgehead atoms. The summed E-state index contributed by atoms with van der Waals surface area (Å²) in [5.41, 5.74) is 1.36. The van der Waals surface area contributed by atoms with Crippen molar-refractivity contribution in [1.82, 2.24) is 10.2 Å². The molecule has 0 aliphatic rings. The summed E-state index contributed by atoms with van der Waals surface area (Å²) in [6.45, 7) is 6.13. The highest BCUT2D eigenvalue weighted by molar-refractivity contribution is 7.92. The molecule has 0 fully saturated rings. The summed E-state index contributed by atoms with van der Waals surface area (Å²) in [6, 6.07) is 23.3. The Morgan fingerprint density at radius 2 is 1.49 bits per heavy atom. The first-order chi connectivity index (χ1) is 18.6. The lowest BCUT2D eigenvalue weighted by molar-refractivity contribution is -0.139. The number of para-hydroxylation sites is 1. The number of nitrogens with zero attached hydrogens (tertiary/aromatic N) is 2. The highest BCUT2D eigenvalue weighted by Gasteiger charge is 2.33. The van der Waals surface area contributed by atoms with E-state index in [2.05, 4.69) is 5.32 Å². The molecule has 0 radical (unpaired) electrons. The van der Waals surface area contributed by atoms with E-state index >= 15 is 0 Å². The average molecular weight is 570 g/mol. The van der Waals surface area contributed by atoms with Crippen molar-refractivity contribution in [2.45, 2.75) is 44.6 Å². The van der Waals surface area contributed by atoms with Gasteiger partial charge in [-0.05, 0) is 60.7 Å². The van der Waals surface area contributed by atoms with Gasteiger partial charge >= 0.3 is 0 Å². The Hall–Kier alpha value is -3.36. The first kappa shape index (κ1) is 30.2. The van der Waals surface area contributed by atoms with Crippen LogP contribution in [0.4, 0.5) is 5.69 Å². The second kappa shape index (κ2) is 14.1. The monoisotopic (exact) mass is 569 g/mol. The number of sulfonamides is 1. The van der Waals surface area contributed by atoms with Crippen LogP contribution in [0.15, 0.2) is 89.8 Å². The van der Waals surface area contributed by atoms with Crippen LogP contribution in [0, 0.1) is 5.92 Å². The van der Waals surface area contributed by atoms with E-state index in [-0.39, 0.29) is 23.3 Å². The first-order valence-corrected chi connectivity index (χ1v) is 14.9. The predicted octanol–water partition coefficient (Wildman–Crippen LogP) is 5.16. The third-order valence-corrected chi connectivity index (χ3v) is 8.32. The summed E-state index contributed by atoms with van der Waals surface area (Å²) >= 11 is 5.99. The van der Waals surface area contributed by atoms with Gasteiger partial charge in [-0.1, -0.05) is 80.9 Å². The van der Waals surface area contributed by atoms with Gasteiger partial charge in [0.15, 0.2) is 0 Å². The van der Waals surface area contributed by atoms with E-state index in [1.165, 1.54) is 29.2 Å². The molecule has 3 aromatic rings. The first-order valence-electron chi connectivity index (χ1n) is 13.1. The fraction of sp³-hybridized carbons (Fsp3) is 0.333. The molecule has 9 heteroatoms. The van der Waals surface area contributed by atoms with Crippen molar-refractivity contribution in [2.24, 2.45) is 5.92 Å². The second-order valence-electron chi connectivity index (χ2n) is 9.69. The molecule has 3 aromatic carbocycles. The third-order valence-electron chi connectivity index (χ3n) is 6.28. The van der Waals surface area contributed by atoms with Crippen LogP contribution in [-0.4, -0.2) is 50.8 Å². The molecule has 0 aromatic heterocycles. The quantitative estimate of drug-likeness (QED) is 0.308. The van der Waals surface area contributed by atoms with E-state index in [0.29, 0.717) is 30.1 Å². The van der Waals surface area contributed by atoms with E-state index in [9.17, 15) is 18.0 Å².